The maximum absolute atomic E-state index is 14.4. The van der Waals surface area contributed by atoms with Crippen molar-refractivity contribution in [3.8, 4) is 11.5 Å². The predicted octanol–water partition coefficient (Wildman–Crippen LogP) is 4.29. The Hall–Kier alpha value is -3.16. The van der Waals surface area contributed by atoms with Crippen LogP contribution in [-0.2, 0) is 30.7 Å². The molecule has 1 unspecified atom stereocenters. The Kier molecular flexibility index (Phi) is 12.0. The first-order chi connectivity index (χ1) is 22.2. The second-order valence-corrected chi connectivity index (χ2v) is 14.2. The van der Waals surface area contributed by atoms with E-state index >= 15 is 0 Å². The van der Waals surface area contributed by atoms with E-state index in [2.05, 4.69) is 17.5 Å². The van der Waals surface area contributed by atoms with E-state index in [1.54, 1.807) is 12.1 Å². The summed E-state index contributed by atoms with van der Waals surface area (Å²) in [5.41, 5.74) is 0.869. The van der Waals surface area contributed by atoms with E-state index in [4.69, 9.17) is 23.7 Å². The molecular weight excluding hydrogens is 612 g/mol. The highest BCUT2D eigenvalue weighted by Crippen LogP contribution is 2.34. The molecule has 0 radical (unpaired) electrons. The average Bonchev–Trinajstić information content (AvgIpc) is 3.67. The molecule has 2 aromatic rings. The molecule has 0 saturated carbocycles. The number of carbonyl (C=O) groups is 1. The van der Waals surface area contributed by atoms with E-state index in [-0.39, 0.29) is 54.9 Å². The molecule has 12 heteroatoms. The van der Waals surface area contributed by atoms with Crippen molar-refractivity contribution in [2.45, 2.75) is 74.9 Å². The number of hydrogen-bond acceptors (Lipinski definition) is 9. The van der Waals surface area contributed by atoms with Crippen molar-refractivity contribution in [3.05, 3.63) is 66.2 Å². The van der Waals surface area contributed by atoms with Crippen LogP contribution < -0.4 is 14.8 Å². The number of allylic oxidation sites excluding steroid dienone is 2. The largest absolute Gasteiger partial charge is 0.497 e. The highest BCUT2D eigenvalue weighted by Gasteiger charge is 2.44. The van der Waals surface area contributed by atoms with Crippen molar-refractivity contribution >= 4 is 16.1 Å². The Morgan fingerprint density at radius 3 is 2.74 bits per heavy atom. The third-order valence-corrected chi connectivity index (χ3v) is 10.6. The lowest BCUT2D eigenvalue weighted by molar-refractivity contribution is -0.0907. The molecular formula is C34H46N2O9S. The second kappa shape index (κ2) is 16.1. The van der Waals surface area contributed by atoms with Crippen LogP contribution in [0.1, 0.15) is 44.6 Å². The normalized spacial score (nSPS) is 27.2. The van der Waals surface area contributed by atoms with Crippen LogP contribution in [0.25, 0.3) is 0 Å². The SMILES string of the molecule is COc1ccc2c(c1)OCCCC/C=C/CC(C)CN(C[C@@H](O)[C@H](Cc1ccccc1)NC(=O)O[C@H]1CO[C@H]3OCC[C@H]31)S2(=O)=O. The predicted molar refractivity (Wildman–Crippen MR) is 171 cm³/mol. The number of hydrogen-bond donors (Lipinski definition) is 2. The van der Waals surface area contributed by atoms with Gasteiger partial charge in [-0.2, -0.15) is 4.31 Å². The maximum atomic E-state index is 14.4. The fourth-order valence-corrected chi connectivity index (χ4v) is 7.81. The molecule has 6 atom stereocenters. The first kappa shape index (κ1) is 34.2. The summed E-state index contributed by atoms with van der Waals surface area (Å²) in [5, 5.41) is 14.6. The Labute approximate surface area is 271 Å². The third kappa shape index (κ3) is 8.80. The van der Waals surface area contributed by atoms with Crippen LogP contribution >= 0.6 is 0 Å². The van der Waals surface area contributed by atoms with Crippen molar-refractivity contribution in [3.63, 3.8) is 0 Å². The van der Waals surface area contributed by atoms with E-state index < -0.39 is 34.4 Å². The van der Waals surface area contributed by atoms with Gasteiger partial charge in [0.05, 0.1) is 45.0 Å². The van der Waals surface area contributed by atoms with Crippen molar-refractivity contribution in [2.75, 3.05) is 40.0 Å². The van der Waals surface area contributed by atoms with Gasteiger partial charge < -0.3 is 34.1 Å². The van der Waals surface area contributed by atoms with Crippen LogP contribution in [0.2, 0.25) is 0 Å². The van der Waals surface area contributed by atoms with Crippen molar-refractivity contribution in [1.29, 1.82) is 0 Å². The van der Waals surface area contributed by atoms with E-state index in [1.165, 1.54) is 17.5 Å². The molecule has 1 amide bonds. The van der Waals surface area contributed by atoms with E-state index in [0.717, 1.165) is 31.2 Å². The second-order valence-electron chi connectivity index (χ2n) is 12.3. The number of β-amino-alcohol motifs (C(OH)–C–C–N with tert-alkyl or cyclic N) is 1. The molecule has 46 heavy (non-hydrogen) atoms. The van der Waals surface area contributed by atoms with Crippen molar-refractivity contribution < 1.29 is 42.0 Å². The molecule has 3 aliphatic rings. The number of aliphatic hydroxyl groups excluding tert-OH is 1. The first-order valence-electron chi connectivity index (χ1n) is 16.1. The van der Waals surface area contributed by atoms with Crippen LogP contribution in [-0.4, -0.2) is 88.5 Å². The topological polar surface area (TPSA) is 133 Å². The van der Waals surface area contributed by atoms with Crippen LogP contribution in [0.3, 0.4) is 0 Å². The summed E-state index contributed by atoms with van der Waals surface area (Å²) in [6.07, 6.45) is 5.67. The average molecular weight is 659 g/mol. The smallest absolute Gasteiger partial charge is 0.407 e. The zero-order valence-corrected chi connectivity index (χ0v) is 27.4. The van der Waals surface area contributed by atoms with Gasteiger partial charge in [-0.05, 0) is 62.1 Å². The summed E-state index contributed by atoms with van der Waals surface area (Å²) in [6.45, 7) is 3.01. The number of amides is 1. The fraction of sp³-hybridized carbons (Fsp3) is 0.559. The van der Waals surface area contributed by atoms with Gasteiger partial charge in [-0.1, -0.05) is 49.4 Å². The molecule has 5 rings (SSSR count). The highest BCUT2D eigenvalue weighted by atomic mass is 32.2. The number of benzene rings is 2. The lowest BCUT2D eigenvalue weighted by Crippen LogP contribution is -2.51. The molecule has 0 aliphatic carbocycles. The van der Waals surface area contributed by atoms with E-state index in [0.29, 0.717) is 25.4 Å². The molecule has 3 heterocycles. The minimum Gasteiger partial charge on any atom is -0.497 e. The lowest BCUT2D eigenvalue weighted by atomic mass is 10.0. The summed E-state index contributed by atoms with van der Waals surface area (Å²) < 4.78 is 58.3. The third-order valence-electron chi connectivity index (χ3n) is 8.71. The van der Waals surface area contributed by atoms with Crippen molar-refractivity contribution in [2.24, 2.45) is 11.8 Å². The number of alkyl carbamates (subject to hydrolysis) is 1. The summed E-state index contributed by atoms with van der Waals surface area (Å²) in [5.74, 6) is 0.597. The quantitative estimate of drug-likeness (QED) is 0.399. The fourth-order valence-electron chi connectivity index (χ4n) is 6.12. The summed E-state index contributed by atoms with van der Waals surface area (Å²) >= 11 is 0. The number of sulfonamides is 1. The standard InChI is InChI=1S/C34H46N2O9S/c1-24-11-7-4-3-5-10-17-42-30-20-26(41-2)14-15-32(30)46(39,40)36(21-24)22-29(37)28(19-25-12-8-6-9-13-25)35-34(38)45-31-23-44-33-27(31)16-18-43-33/h4,6-9,12-15,20,24,27-29,31,33,37H,3,5,10-11,16-19,21-23H2,1-2H3,(H,35,38)/b7-4+/t24?,27-,28-,29+,31-,33+/m0/s1. The summed E-state index contributed by atoms with van der Waals surface area (Å²) in [7, 11) is -2.64. The maximum Gasteiger partial charge on any atom is 0.407 e. The number of ether oxygens (including phenoxy) is 5. The highest BCUT2D eigenvalue weighted by molar-refractivity contribution is 7.89. The molecule has 0 bridgehead atoms. The molecule has 11 nitrogen and oxygen atoms in total. The van der Waals surface area contributed by atoms with Gasteiger partial charge in [0.2, 0.25) is 10.0 Å². The lowest BCUT2D eigenvalue weighted by Gasteiger charge is -2.31. The molecule has 2 N–H and O–H groups in total. The van der Waals surface area contributed by atoms with Crippen LogP contribution in [0, 0.1) is 11.8 Å². The zero-order chi connectivity index (χ0) is 32.5. The molecule has 3 aliphatic heterocycles. The Balaban J connectivity index is 1.40. The number of carbonyl (C=O) groups excluding carboxylic acids is 1. The summed E-state index contributed by atoms with van der Waals surface area (Å²) in [4.78, 5) is 13.2. The zero-order valence-electron chi connectivity index (χ0n) is 26.6. The van der Waals surface area contributed by atoms with Crippen molar-refractivity contribution in [1.82, 2.24) is 9.62 Å². The van der Waals surface area contributed by atoms with Crippen LogP contribution in [0.15, 0.2) is 65.6 Å². The van der Waals surface area contributed by atoms with Gasteiger partial charge in [0.15, 0.2) is 6.29 Å². The molecule has 2 fully saturated rings. The van der Waals surface area contributed by atoms with Crippen LogP contribution in [0.5, 0.6) is 11.5 Å². The Morgan fingerprint density at radius 2 is 1.93 bits per heavy atom. The minimum absolute atomic E-state index is 0.00171. The van der Waals surface area contributed by atoms with E-state index in [9.17, 15) is 18.3 Å². The van der Waals surface area contributed by atoms with E-state index in [1.807, 2.05) is 37.3 Å². The van der Waals surface area contributed by atoms with Gasteiger partial charge in [0.25, 0.3) is 0 Å². The number of fused-ring (bicyclic) bond motifs is 2. The molecule has 0 aromatic heterocycles. The van der Waals surface area contributed by atoms with Gasteiger partial charge in [0, 0.05) is 19.2 Å². The molecule has 252 valence electrons. The van der Waals surface area contributed by atoms with Gasteiger partial charge >= 0.3 is 6.09 Å². The number of nitrogens with zero attached hydrogens (tertiary/aromatic N) is 1. The number of nitrogens with one attached hydrogen (secondary N) is 1. The van der Waals surface area contributed by atoms with Crippen LogP contribution in [0.4, 0.5) is 4.79 Å². The Bertz CT molecular complexity index is 1420. The monoisotopic (exact) mass is 658 g/mol. The number of rotatable bonds is 8. The molecule has 2 aromatic carbocycles. The number of methoxy groups -OCH3 is 1. The van der Waals surface area contributed by atoms with Gasteiger partial charge in [-0.3, -0.25) is 0 Å². The van der Waals surface area contributed by atoms with Gasteiger partial charge in [0.1, 0.15) is 22.5 Å². The minimum atomic E-state index is -4.15. The Morgan fingerprint density at radius 1 is 1.11 bits per heavy atom. The molecule has 0 spiro atoms. The number of aliphatic hydroxyl groups is 1. The van der Waals surface area contributed by atoms with Gasteiger partial charge in [-0.25, -0.2) is 13.2 Å². The van der Waals surface area contributed by atoms with Gasteiger partial charge in [-0.15, -0.1) is 0 Å². The molecule has 2 saturated heterocycles. The summed E-state index contributed by atoms with van der Waals surface area (Å²) in [6, 6.07) is 13.2. The first-order valence-corrected chi connectivity index (χ1v) is 17.6.